The maximum absolute atomic E-state index is 12.3. The highest BCUT2D eigenvalue weighted by Crippen LogP contribution is 2.15. The Morgan fingerprint density at radius 1 is 0.800 bits per heavy atom. The number of hydrogen-bond donors (Lipinski definition) is 1. The Morgan fingerprint density at radius 2 is 1.35 bits per heavy atom. The van der Waals surface area contributed by atoms with E-state index in [9.17, 15) is 14.4 Å². The zero-order chi connectivity index (χ0) is 14.5. The Hall–Kier alpha value is -2.95. The number of rotatable bonds is 3. The van der Waals surface area contributed by atoms with E-state index in [1.54, 1.807) is 36.4 Å². The minimum absolute atomic E-state index is 0.0799. The van der Waals surface area contributed by atoms with E-state index in [0.29, 0.717) is 5.56 Å². The highest BCUT2D eigenvalue weighted by atomic mass is 16.7. The van der Waals surface area contributed by atoms with Crippen LogP contribution in [0.2, 0.25) is 0 Å². The third kappa shape index (κ3) is 2.89. The summed E-state index contributed by atoms with van der Waals surface area (Å²) in [6, 6.07) is 14.3. The van der Waals surface area contributed by atoms with Crippen LogP contribution in [0.5, 0.6) is 0 Å². The lowest BCUT2D eigenvalue weighted by Gasteiger charge is -2.06. The van der Waals surface area contributed by atoms with Crippen molar-refractivity contribution < 1.29 is 24.2 Å². The second-order valence-corrected chi connectivity index (χ2v) is 3.90. The lowest BCUT2D eigenvalue weighted by atomic mass is 9.98. The van der Waals surface area contributed by atoms with Gasteiger partial charge in [0.25, 0.3) is 0 Å². The first-order chi connectivity index (χ1) is 9.59. The van der Waals surface area contributed by atoms with Crippen molar-refractivity contribution in [2.45, 2.75) is 0 Å². The number of benzene rings is 2. The fourth-order valence-electron chi connectivity index (χ4n) is 1.74. The molecule has 1 N–H and O–H groups in total. The SMILES string of the molecule is O=C(O)OC(=O)c1ccccc1C(=O)c1ccccc1. The van der Waals surface area contributed by atoms with Gasteiger partial charge in [0.1, 0.15) is 0 Å². The van der Waals surface area contributed by atoms with Crippen molar-refractivity contribution in [2.75, 3.05) is 0 Å². The molecule has 0 saturated carbocycles. The number of hydrogen-bond acceptors (Lipinski definition) is 4. The van der Waals surface area contributed by atoms with Crippen molar-refractivity contribution in [3.8, 4) is 0 Å². The molecule has 0 unspecified atom stereocenters. The lowest BCUT2D eigenvalue weighted by molar-refractivity contribution is 0.0506. The van der Waals surface area contributed by atoms with E-state index in [1.165, 1.54) is 18.2 Å². The maximum Gasteiger partial charge on any atom is 0.513 e. The molecular weight excluding hydrogens is 260 g/mol. The molecule has 0 amide bonds. The van der Waals surface area contributed by atoms with Crippen LogP contribution >= 0.6 is 0 Å². The minimum Gasteiger partial charge on any atom is -0.449 e. The molecule has 0 radical (unpaired) electrons. The van der Waals surface area contributed by atoms with Crippen LogP contribution in [0.25, 0.3) is 0 Å². The Morgan fingerprint density at radius 3 is 1.95 bits per heavy atom. The van der Waals surface area contributed by atoms with Crippen LogP contribution in [0.4, 0.5) is 4.79 Å². The van der Waals surface area contributed by atoms with Crippen molar-refractivity contribution in [1.82, 2.24) is 0 Å². The van der Waals surface area contributed by atoms with Crippen molar-refractivity contribution in [2.24, 2.45) is 0 Å². The number of carbonyl (C=O) groups excluding carboxylic acids is 2. The third-order valence-electron chi connectivity index (χ3n) is 2.61. The highest BCUT2D eigenvalue weighted by Gasteiger charge is 2.20. The van der Waals surface area contributed by atoms with Crippen LogP contribution in [0, 0.1) is 0 Å². The van der Waals surface area contributed by atoms with Crippen molar-refractivity contribution >= 4 is 17.9 Å². The Labute approximate surface area is 114 Å². The molecule has 20 heavy (non-hydrogen) atoms. The van der Waals surface area contributed by atoms with Crippen molar-refractivity contribution in [1.29, 1.82) is 0 Å². The quantitative estimate of drug-likeness (QED) is 0.527. The summed E-state index contributed by atoms with van der Waals surface area (Å²) < 4.78 is 4.09. The number of carboxylic acid groups (broad SMARTS) is 1. The van der Waals surface area contributed by atoms with Crippen LogP contribution in [0.15, 0.2) is 54.6 Å². The fourth-order valence-corrected chi connectivity index (χ4v) is 1.74. The summed E-state index contributed by atoms with van der Waals surface area (Å²) in [6.07, 6.45) is -1.71. The van der Waals surface area contributed by atoms with Crippen LogP contribution in [-0.4, -0.2) is 23.0 Å². The highest BCUT2D eigenvalue weighted by molar-refractivity contribution is 6.15. The zero-order valence-electron chi connectivity index (χ0n) is 10.3. The largest absolute Gasteiger partial charge is 0.513 e. The monoisotopic (exact) mass is 270 g/mol. The molecule has 100 valence electrons. The molecule has 5 nitrogen and oxygen atoms in total. The standard InChI is InChI=1S/C15H10O5/c16-13(10-6-2-1-3-7-10)11-8-4-5-9-12(11)14(17)20-15(18)19/h1-9H,(H,18,19). The first-order valence-electron chi connectivity index (χ1n) is 5.73. The van der Waals surface area contributed by atoms with Gasteiger partial charge in [0, 0.05) is 11.1 Å². The molecule has 0 fully saturated rings. The van der Waals surface area contributed by atoms with Gasteiger partial charge in [0.05, 0.1) is 5.56 Å². The number of ketones is 1. The molecule has 0 aliphatic heterocycles. The van der Waals surface area contributed by atoms with Gasteiger partial charge in [0.15, 0.2) is 5.78 Å². The number of esters is 1. The van der Waals surface area contributed by atoms with Gasteiger partial charge in [-0.15, -0.1) is 0 Å². The zero-order valence-corrected chi connectivity index (χ0v) is 10.3. The topological polar surface area (TPSA) is 80.7 Å². The summed E-state index contributed by atoms with van der Waals surface area (Å²) in [4.78, 5) is 34.4. The molecule has 0 aliphatic carbocycles. The van der Waals surface area contributed by atoms with E-state index >= 15 is 0 Å². The minimum atomic E-state index is -1.71. The number of ether oxygens (including phenoxy) is 1. The van der Waals surface area contributed by atoms with Gasteiger partial charge < -0.3 is 9.84 Å². The predicted molar refractivity (Wildman–Crippen MR) is 69.8 cm³/mol. The Balaban J connectivity index is 2.40. The summed E-state index contributed by atoms with van der Waals surface area (Å²) in [5.41, 5.74) is 0.428. The van der Waals surface area contributed by atoms with E-state index in [2.05, 4.69) is 4.74 Å². The Bertz CT molecular complexity index is 661. The smallest absolute Gasteiger partial charge is 0.449 e. The van der Waals surface area contributed by atoms with E-state index in [-0.39, 0.29) is 16.9 Å². The van der Waals surface area contributed by atoms with Crippen molar-refractivity contribution in [3.63, 3.8) is 0 Å². The van der Waals surface area contributed by atoms with Crippen LogP contribution < -0.4 is 0 Å². The van der Waals surface area contributed by atoms with E-state index in [0.717, 1.165) is 0 Å². The van der Waals surface area contributed by atoms with Gasteiger partial charge in [-0.3, -0.25) is 4.79 Å². The summed E-state index contributed by atoms with van der Waals surface area (Å²) in [6.45, 7) is 0. The maximum atomic E-state index is 12.3. The molecule has 5 heteroatoms. The molecule has 0 spiro atoms. The van der Waals surface area contributed by atoms with Crippen LogP contribution in [0.1, 0.15) is 26.3 Å². The Kier molecular flexibility index (Phi) is 3.91. The van der Waals surface area contributed by atoms with E-state index in [1.807, 2.05) is 0 Å². The molecule has 2 aromatic carbocycles. The van der Waals surface area contributed by atoms with Crippen LogP contribution in [0.3, 0.4) is 0 Å². The average Bonchev–Trinajstić information content (AvgIpc) is 2.46. The second kappa shape index (κ2) is 5.79. The lowest BCUT2D eigenvalue weighted by Crippen LogP contribution is -2.15. The molecule has 0 saturated heterocycles. The van der Waals surface area contributed by atoms with Gasteiger partial charge in [-0.1, -0.05) is 48.5 Å². The third-order valence-corrected chi connectivity index (χ3v) is 2.61. The summed E-state index contributed by atoms with van der Waals surface area (Å²) in [5, 5.41) is 8.46. The first-order valence-corrected chi connectivity index (χ1v) is 5.73. The average molecular weight is 270 g/mol. The molecule has 0 aliphatic rings. The molecule has 2 aromatic rings. The summed E-state index contributed by atoms with van der Waals surface area (Å²) >= 11 is 0. The molecular formula is C15H10O5. The van der Waals surface area contributed by atoms with E-state index in [4.69, 9.17) is 5.11 Å². The fraction of sp³-hybridized carbons (Fsp3) is 0. The summed E-state index contributed by atoms with van der Waals surface area (Å²) in [7, 11) is 0. The van der Waals surface area contributed by atoms with Gasteiger partial charge in [-0.25, -0.2) is 9.59 Å². The van der Waals surface area contributed by atoms with Gasteiger partial charge in [-0.05, 0) is 6.07 Å². The number of carbonyl (C=O) groups is 3. The molecule has 2 rings (SSSR count). The molecule has 0 aromatic heterocycles. The van der Waals surface area contributed by atoms with Gasteiger partial charge in [-0.2, -0.15) is 0 Å². The predicted octanol–water partition coefficient (Wildman–Crippen LogP) is 2.75. The van der Waals surface area contributed by atoms with Gasteiger partial charge >= 0.3 is 12.1 Å². The second-order valence-electron chi connectivity index (χ2n) is 3.90. The van der Waals surface area contributed by atoms with E-state index < -0.39 is 12.1 Å². The molecule has 0 atom stereocenters. The molecule has 0 bridgehead atoms. The van der Waals surface area contributed by atoms with Crippen LogP contribution in [-0.2, 0) is 4.74 Å². The molecule has 0 heterocycles. The van der Waals surface area contributed by atoms with Gasteiger partial charge in [0.2, 0.25) is 0 Å². The van der Waals surface area contributed by atoms with Crippen molar-refractivity contribution in [3.05, 3.63) is 71.3 Å². The normalized spacial score (nSPS) is 9.80. The summed E-state index contributed by atoms with van der Waals surface area (Å²) in [5.74, 6) is -1.44. The first kappa shape index (κ1) is 13.5.